The number of hydrogen-bond donors (Lipinski definition) is 3. The predicted molar refractivity (Wildman–Crippen MR) is 95.1 cm³/mol. The van der Waals surface area contributed by atoms with Crippen molar-refractivity contribution >= 4 is 23.2 Å². The van der Waals surface area contributed by atoms with Gasteiger partial charge in [0, 0.05) is 18.0 Å². The van der Waals surface area contributed by atoms with Crippen molar-refractivity contribution in [2.45, 2.75) is 44.9 Å². The second kappa shape index (κ2) is 9.27. The maximum absolute atomic E-state index is 12.4. The molecule has 1 fully saturated rings. The Balaban J connectivity index is 2.05. The van der Waals surface area contributed by atoms with Gasteiger partial charge >= 0.3 is 0 Å². The van der Waals surface area contributed by atoms with E-state index in [0.29, 0.717) is 36.5 Å². The molecule has 1 saturated carbocycles. The molecule has 24 heavy (non-hydrogen) atoms. The van der Waals surface area contributed by atoms with Crippen LogP contribution in [0.5, 0.6) is 5.75 Å². The number of nitrogens with two attached hydrogens (primary N) is 1. The van der Waals surface area contributed by atoms with Crippen molar-refractivity contribution in [2.75, 3.05) is 24.3 Å². The van der Waals surface area contributed by atoms with E-state index in [0.717, 1.165) is 25.7 Å². The summed E-state index contributed by atoms with van der Waals surface area (Å²) >= 11 is 0. The van der Waals surface area contributed by atoms with Crippen LogP contribution in [0.15, 0.2) is 18.2 Å². The van der Waals surface area contributed by atoms with Gasteiger partial charge in [0.25, 0.3) is 0 Å². The first-order valence-electron chi connectivity index (χ1n) is 8.63. The summed E-state index contributed by atoms with van der Waals surface area (Å²) in [6.45, 7) is 0.485. The van der Waals surface area contributed by atoms with E-state index in [2.05, 4.69) is 10.6 Å². The molecule has 0 atom stereocenters. The number of carbonyl (C=O) groups is 2. The Bertz CT molecular complexity index is 569. The molecule has 0 spiro atoms. The summed E-state index contributed by atoms with van der Waals surface area (Å²) in [5.74, 6) is 0.583. The lowest BCUT2D eigenvalue weighted by Gasteiger charge is -2.21. The van der Waals surface area contributed by atoms with Gasteiger partial charge in [-0.2, -0.15) is 0 Å². The molecule has 1 aliphatic rings. The average Bonchev–Trinajstić information content (AvgIpc) is 2.61. The van der Waals surface area contributed by atoms with Gasteiger partial charge in [-0.15, -0.1) is 0 Å². The number of benzene rings is 1. The molecule has 1 aromatic rings. The minimum Gasteiger partial charge on any atom is -0.495 e. The Morgan fingerprint density at radius 3 is 2.62 bits per heavy atom. The molecule has 0 unspecified atom stereocenters. The van der Waals surface area contributed by atoms with Crippen molar-refractivity contribution < 1.29 is 14.3 Å². The van der Waals surface area contributed by atoms with E-state index in [-0.39, 0.29) is 17.7 Å². The lowest BCUT2D eigenvalue weighted by Crippen LogP contribution is -2.25. The normalized spacial score (nSPS) is 14.9. The summed E-state index contributed by atoms with van der Waals surface area (Å²) in [5, 5.41) is 5.77. The molecule has 2 amide bonds. The number of carbonyl (C=O) groups excluding carboxylic acids is 2. The van der Waals surface area contributed by atoms with E-state index in [1.807, 2.05) is 0 Å². The molecular weight excluding hydrogens is 306 g/mol. The third-order valence-electron chi connectivity index (χ3n) is 4.33. The van der Waals surface area contributed by atoms with Crippen molar-refractivity contribution in [3.63, 3.8) is 0 Å². The van der Waals surface area contributed by atoms with Crippen LogP contribution in [0.3, 0.4) is 0 Å². The van der Waals surface area contributed by atoms with Crippen molar-refractivity contribution in [2.24, 2.45) is 11.7 Å². The fourth-order valence-electron chi connectivity index (χ4n) is 2.97. The summed E-state index contributed by atoms with van der Waals surface area (Å²) in [4.78, 5) is 24.3. The van der Waals surface area contributed by atoms with Crippen molar-refractivity contribution in [3.05, 3.63) is 18.2 Å². The van der Waals surface area contributed by atoms with E-state index in [1.165, 1.54) is 6.42 Å². The molecule has 0 heterocycles. The zero-order valence-electron chi connectivity index (χ0n) is 14.3. The van der Waals surface area contributed by atoms with Gasteiger partial charge in [0.1, 0.15) is 5.75 Å². The molecule has 0 radical (unpaired) electrons. The van der Waals surface area contributed by atoms with Gasteiger partial charge in [0.15, 0.2) is 0 Å². The summed E-state index contributed by atoms with van der Waals surface area (Å²) < 4.78 is 5.31. The Labute approximate surface area is 143 Å². The number of ether oxygens (including phenoxy) is 1. The highest BCUT2D eigenvalue weighted by molar-refractivity contribution is 5.96. The standard InChI is InChI=1S/C18H27N3O3/c1-24-16-10-9-14(20-17(22)8-5-11-19)12-15(16)21-18(23)13-6-3-2-4-7-13/h9-10,12-13H,2-8,11,19H2,1H3,(H,20,22)(H,21,23). The third-order valence-corrected chi connectivity index (χ3v) is 4.33. The third kappa shape index (κ3) is 5.23. The molecule has 1 aliphatic carbocycles. The van der Waals surface area contributed by atoms with Crippen LogP contribution in [0, 0.1) is 5.92 Å². The van der Waals surface area contributed by atoms with Gasteiger partial charge in [0.2, 0.25) is 11.8 Å². The second-order valence-corrected chi connectivity index (χ2v) is 6.18. The minimum absolute atomic E-state index is 0.0274. The summed E-state index contributed by atoms with van der Waals surface area (Å²) in [5.41, 5.74) is 6.64. The molecule has 0 aliphatic heterocycles. The predicted octanol–water partition coefficient (Wildman–Crippen LogP) is 2.89. The quantitative estimate of drug-likeness (QED) is 0.715. The summed E-state index contributed by atoms with van der Waals surface area (Å²) in [6, 6.07) is 5.24. The summed E-state index contributed by atoms with van der Waals surface area (Å²) in [6.07, 6.45) is 6.31. The first-order valence-corrected chi connectivity index (χ1v) is 8.63. The highest BCUT2D eigenvalue weighted by Gasteiger charge is 2.22. The molecule has 1 aromatic carbocycles. The topological polar surface area (TPSA) is 93.4 Å². The van der Waals surface area contributed by atoms with Crippen LogP contribution in [0.1, 0.15) is 44.9 Å². The Morgan fingerprint density at radius 1 is 1.21 bits per heavy atom. The Kier molecular flexibility index (Phi) is 7.06. The number of nitrogens with one attached hydrogen (secondary N) is 2. The summed E-state index contributed by atoms with van der Waals surface area (Å²) in [7, 11) is 1.56. The zero-order valence-corrected chi connectivity index (χ0v) is 14.3. The highest BCUT2D eigenvalue weighted by atomic mass is 16.5. The van der Waals surface area contributed by atoms with E-state index in [1.54, 1.807) is 25.3 Å². The molecule has 0 bridgehead atoms. The van der Waals surface area contributed by atoms with Gasteiger partial charge in [-0.3, -0.25) is 9.59 Å². The molecule has 2 rings (SSSR count). The molecular formula is C18H27N3O3. The first-order chi connectivity index (χ1) is 11.6. The van der Waals surface area contributed by atoms with Crippen molar-refractivity contribution in [1.29, 1.82) is 0 Å². The number of amides is 2. The lowest BCUT2D eigenvalue weighted by atomic mass is 9.88. The molecule has 132 valence electrons. The smallest absolute Gasteiger partial charge is 0.227 e. The zero-order chi connectivity index (χ0) is 17.4. The maximum atomic E-state index is 12.4. The van der Waals surface area contributed by atoms with Crippen LogP contribution in [-0.2, 0) is 9.59 Å². The fourth-order valence-corrected chi connectivity index (χ4v) is 2.97. The number of anilines is 2. The van der Waals surface area contributed by atoms with Crippen molar-refractivity contribution in [3.8, 4) is 5.75 Å². The number of hydrogen-bond acceptors (Lipinski definition) is 4. The van der Waals surface area contributed by atoms with Crippen LogP contribution in [0.4, 0.5) is 11.4 Å². The van der Waals surface area contributed by atoms with Crippen LogP contribution in [0.25, 0.3) is 0 Å². The van der Waals surface area contributed by atoms with Crippen LogP contribution in [-0.4, -0.2) is 25.5 Å². The van der Waals surface area contributed by atoms with Crippen LogP contribution >= 0.6 is 0 Å². The van der Waals surface area contributed by atoms with E-state index < -0.39 is 0 Å². The van der Waals surface area contributed by atoms with Gasteiger partial charge in [-0.1, -0.05) is 19.3 Å². The Hall–Kier alpha value is -2.08. The lowest BCUT2D eigenvalue weighted by molar-refractivity contribution is -0.120. The van der Waals surface area contributed by atoms with E-state index in [4.69, 9.17) is 10.5 Å². The van der Waals surface area contributed by atoms with Gasteiger partial charge in [0.05, 0.1) is 12.8 Å². The highest BCUT2D eigenvalue weighted by Crippen LogP contribution is 2.30. The number of methoxy groups -OCH3 is 1. The molecule has 6 nitrogen and oxygen atoms in total. The van der Waals surface area contributed by atoms with Gasteiger partial charge < -0.3 is 21.1 Å². The largest absolute Gasteiger partial charge is 0.495 e. The van der Waals surface area contributed by atoms with Crippen LogP contribution in [0.2, 0.25) is 0 Å². The monoisotopic (exact) mass is 333 g/mol. The average molecular weight is 333 g/mol. The molecule has 6 heteroatoms. The molecule has 4 N–H and O–H groups in total. The fraction of sp³-hybridized carbons (Fsp3) is 0.556. The van der Waals surface area contributed by atoms with Gasteiger partial charge in [-0.25, -0.2) is 0 Å². The van der Waals surface area contributed by atoms with E-state index >= 15 is 0 Å². The van der Waals surface area contributed by atoms with E-state index in [9.17, 15) is 9.59 Å². The second-order valence-electron chi connectivity index (χ2n) is 6.18. The SMILES string of the molecule is COc1ccc(NC(=O)CCCN)cc1NC(=O)C1CCCCC1. The molecule has 0 aromatic heterocycles. The van der Waals surface area contributed by atoms with Gasteiger partial charge in [-0.05, 0) is 44.0 Å². The maximum Gasteiger partial charge on any atom is 0.227 e. The van der Waals surface area contributed by atoms with Crippen LogP contribution < -0.4 is 21.1 Å². The Morgan fingerprint density at radius 2 is 1.96 bits per heavy atom. The number of rotatable bonds is 7. The molecule has 0 saturated heterocycles. The minimum atomic E-state index is -0.0878. The first kappa shape index (κ1) is 18.3. The van der Waals surface area contributed by atoms with Crippen molar-refractivity contribution in [1.82, 2.24) is 0 Å².